The third kappa shape index (κ3) is 7.80. The summed E-state index contributed by atoms with van der Waals surface area (Å²) in [4.78, 5) is 68.8. The molecule has 3 aliphatic carbocycles. The highest BCUT2D eigenvalue weighted by Crippen LogP contribution is 2.45. The zero-order chi connectivity index (χ0) is 38.3. The molecular formula is C39H49N7O8S. The molecule has 0 spiro atoms. The van der Waals surface area contributed by atoms with E-state index in [2.05, 4.69) is 26.9 Å². The lowest BCUT2D eigenvalue weighted by molar-refractivity contribution is -0.142. The van der Waals surface area contributed by atoms with E-state index < -0.39 is 62.6 Å². The van der Waals surface area contributed by atoms with Gasteiger partial charge in [0.1, 0.15) is 23.7 Å². The zero-order valence-corrected chi connectivity index (χ0v) is 31.7. The molecule has 3 N–H and O–H groups in total. The second-order valence-corrected chi connectivity index (χ2v) is 17.8. The Labute approximate surface area is 320 Å². The van der Waals surface area contributed by atoms with Gasteiger partial charge in [0.25, 0.3) is 5.91 Å². The van der Waals surface area contributed by atoms with Crippen LogP contribution in [0.2, 0.25) is 0 Å². The van der Waals surface area contributed by atoms with Gasteiger partial charge in [0.05, 0.1) is 29.6 Å². The van der Waals surface area contributed by atoms with Crippen molar-refractivity contribution < 1.29 is 37.1 Å². The van der Waals surface area contributed by atoms with Crippen LogP contribution in [-0.4, -0.2) is 113 Å². The minimum Gasteiger partial charge on any atom is -0.472 e. The summed E-state index contributed by atoms with van der Waals surface area (Å²) in [5.74, 6) is -2.14. The number of aromatic nitrogens is 2. The van der Waals surface area contributed by atoms with Gasteiger partial charge < -0.3 is 29.9 Å². The number of urea groups is 1. The number of allylic oxidation sites excluding steroid dienone is 1. The summed E-state index contributed by atoms with van der Waals surface area (Å²) in [7, 11) is -3.89. The molecule has 5 amide bonds. The van der Waals surface area contributed by atoms with E-state index in [1.165, 1.54) is 11.0 Å². The maximum absolute atomic E-state index is 14.8. The van der Waals surface area contributed by atoms with Crippen LogP contribution in [0.4, 0.5) is 4.79 Å². The fourth-order valence-corrected chi connectivity index (χ4v) is 9.93. The number of amides is 5. The summed E-state index contributed by atoms with van der Waals surface area (Å²) in [6.07, 6.45) is 14.8. The van der Waals surface area contributed by atoms with Gasteiger partial charge in [-0.3, -0.25) is 24.1 Å². The van der Waals surface area contributed by atoms with Crippen molar-refractivity contribution in [2.24, 2.45) is 11.8 Å². The molecule has 5 heterocycles. The van der Waals surface area contributed by atoms with Gasteiger partial charge in [-0.1, -0.05) is 31.1 Å². The molecule has 4 bridgehead atoms. The first-order valence-corrected chi connectivity index (χ1v) is 21.2. The highest BCUT2D eigenvalue weighted by atomic mass is 32.2. The summed E-state index contributed by atoms with van der Waals surface area (Å²) < 4.78 is 40.5. The zero-order valence-electron chi connectivity index (χ0n) is 30.9. The van der Waals surface area contributed by atoms with E-state index in [-0.39, 0.29) is 37.4 Å². The van der Waals surface area contributed by atoms with Gasteiger partial charge >= 0.3 is 6.03 Å². The van der Waals surface area contributed by atoms with E-state index in [0.717, 1.165) is 49.5 Å². The second kappa shape index (κ2) is 15.2. The van der Waals surface area contributed by atoms with E-state index >= 15 is 0 Å². The van der Waals surface area contributed by atoms with Crippen LogP contribution in [-0.2, 0) is 29.1 Å². The number of ether oxygens (including phenoxy) is 2. The molecule has 55 heavy (non-hydrogen) atoms. The topological polar surface area (TPSA) is 189 Å². The Morgan fingerprint density at radius 2 is 1.89 bits per heavy atom. The van der Waals surface area contributed by atoms with E-state index in [4.69, 9.17) is 14.5 Å². The third-order valence-corrected chi connectivity index (χ3v) is 13.8. The molecule has 2 aromatic heterocycles. The van der Waals surface area contributed by atoms with Crippen LogP contribution < -0.4 is 20.1 Å². The molecule has 0 aromatic carbocycles. The number of nitrogens with one attached hydrogen (secondary N) is 3. The Morgan fingerprint density at radius 1 is 1.07 bits per heavy atom. The lowest BCUT2D eigenvalue weighted by atomic mass is 9.96. The van der Waals surface area contributed by atoms with E-state index in [9.17, 15) is 27.6 Å². The standard InChI is InChI=1S/C39H49N7O8S/c1-2-27-20-39(27,37(49)44-55(51,52)30-11-12-30)43-34(47)32-19-29-23-46(32)36(48)33(24-8-5-6-9-24)42-38(50)45-16-14-28(22-45)53-17-7-3-4-10-26-18-25-13-15-40-21-31(25)41-35(26)54-29/h2,4,10,13,15,18,21,24,27-30,32-33H,1,3,5-9,11-12,14,16-17,19-20,22-23H2,(H,42,50)(H,43,47)(H,44,49)/t27-,28+,29-,32+,33+,39-/m1/s1. The highest BCUT2D eigenvalue weighted by Gasteiger charge is 2.62. The maximum atomic E-state index is 14.8. The fourth-order valence-electron chi connectivity index (χ4n) is 8.57. The number of pyridine rings is 2. The Bertz CT molecular complexity index is 2000. The molecule has 3 saturated carbocycles. The summed E-state index contributed by atoms with van der Waals surface area (Å²) in [5, 5.41) is 6.16. The van der Waals surface area contributed by atoms with Crippen LogP contribution in [0.25, 0.3) is 17.0 Å². The van der Waals surface area contributed by atoms with Crippen LogP contribution in [0.3, 0.4) is 0 Å². The van der Waals surface area contributed by atoms with Gasteiger partial charge in [0.2, 0.25) is 27.7 Å². The number of nitrogens with zero attached hydrogens (tertiary/aromatic N) is 4. The molecule has 0 radical (unpaired) electrons. The average molecular weight is 776 g/mol. The van der Waals surface area contributed by atoms with Crippen LogP contribution in [0.1, 0.15) is 76.2 Å². The Balaban J connectivity index is 1.12. The van der Waals surface area contributed by atoms with Gasteiger partial charge in [0.15, 0.2) is 0 Å². The number of fused-ring (bicyclic) bond motifs is 6. The number of carbonyl (C=O) groups excluding carboxylic acids is 4. The first-order valence-electron chi connectivity index (χ1n) is 19.6. The summed E-state index contributed by atoms with van der Waals surface area (Å²) in [6.45, 7) is 5.30. The third-order valence-electron chi connectivity index (χ3n) is 12.0. The van der Waals surface area contributed by atoms with Gasteiger partial charge in [-0.15, -0.1) is 6.58 Å². The Kier molecular flexibility index (Phi) is 10.3. The summed E-state index contributed by atoms with van der Waals surface area (Å²) >= 11 is 0. The van der Waals surface area contributed by atoms with Crippen LogP contribution in [0, 0.1) is 11.8 Å². The van der Waals surface area contributed by atoms with E-state index in [0.29, 0.717) is 50.4 Å². The van der Waals surface area contributed by atoms with E-state index in [1.807, 2.05) is 24.3 Å². The highest BCUT2D eigenvalue weighted by molar-refractivity contribution is 7.91. The largest absolute Gasteiger partial charge is 0.472 e. The van der Waals surface area contributed by atoms with Crippen LogP contribution in [0.5, 0.6) is 5.88 Å². The molecule has 16 heteroatoms. The van der Waals surface area contributed by atoms with Crippen molar-refractivity contribution in [2.45, 2.75) is 106 Å². The van der Waals surface area contributed by atoms with Gasteiger partial charge in [-0.2, -0.15) is 0 Å². The average Bonchev–Trinajstić information content (AvgIpc) is 3.94. The second-order valence-electron chi connectivity index (χ2n) is 15.9. The molecule has 6 aliphatic rings. The number of hydrogen-bond donors (Lipinski definition) is 3. The molecular weight excluding hydrogens is 727 g/mol. The predicted molar refractivity (Wildman–Crippen MR) is 202 cm³/mol. The monoisotopic (exact) mass is 775 g/mol. The van der Waals surface area contributed by atoms with Crippen molar-refractivity contribution >= 4 is 50.8 Å². The molecule has 15 nitrogen and oxygen atoms in total. The quantitative estimate of drug-likeness (QED) is 0.353. The fraction of sp³-hybridized carbons (Fsp3) is 0.590. The van der Waals surface area contributed by atoms with Crippen molar-refractivity contribution in [1.29, 1.82) is 0 Å². The van der Waals surface area contributed by atoms with Crippen molar-refractivity contribution in [1.82, 2.24) is 35.1 Å². The predicted octanol–water partition coefficient (Wildman–Crippen LogP) is 2.81. The van der Waals surface area contributed by atoms with Gasteiger partial charge in [-0.25, -0.2) is 18.2 Å². The minimum atomic E-state index is -3.89. The molecule has 294 valence electrons. The van der Waals surface area contributed by atoms with Gasteiger partial charge in [-0.05, 0) is 69.4 Å². The molecule has 2 saturated heterocycles. The van der Waals surface area contributed by atoms with Gasteiger partial charge in [0, 0.05) is 49.2 Å². The van der Waals surface area contributed by atoms with Crippen molar-refractivity contribution in [3.8, 4) is 5.88 Å². The molecule has 8 rings (SSSR count). The summed E-state index contributed by atoms with van der Waals surface area (Å²) in [6, 6.07) is 1.51. The maximum Gasteiger partial charge on any atom is 0.318 e. The number of rotatable bonds is 7. The smallest absolute Gasteiger partial charge is 0.318 e. The SMILES string of the molecule is C=C[C@@H]1C[C@]1(NC(=O)[C@@H]1C[C@@H]2CN1C(=O)[C@H](C1CCCC1)NC(=O)N1CC[C@@H](C1)OCCCC=Cc1cc3ccncc3nc1O2)C(=O)NS(=O)(=O)C1CC1. The first kappa shape index (κ1) is 37.4. The number of sulfonamides is 1. The van der Waals surface area contributed by atoms with Crippen LogP contribution in [0.15, 0.2) is 43.3 Å². The van der Waals surface area contributed by atoms with Crippen LogP contribution >= 0.6 is 0 Å². The Morgan fingerprint density at radius 3 is 2.65 bits per heavy atom. The van der Waals surface area contributed by atoms with Crippen molar-refractivity contribution in [3.63, 3.8) is 0 Å². The number of carbonyl (C=O) groups is 4. The normalized spacial score (nSPS) is 30.4. The molecule has 3 aliphatic heterocycles. The van der Waals surface area contributed by atoms with Crippen molar-refractivity contribution in [3.05, 3.63) is 48.8 Å². The molecule has 0 unspecified atom stereocenters. The first-order chi connectivity index (χ1) is 26.5. The Hall–Kier alpha value is -4.57. The lowest BCUT2D eigenvalue weighted by Gasteiger charge is -2.33. The lowest BCUT2D eigenvalue weighted by Crippen LogP contribution is -2.59. The van der Waals surface area contributed by atoms with E-state index in [1.54, 1.807) is 17.3 Å². The molecule has 6 atom stereocenters. The number of hydrogen-bond acceptors (Lipinski definition) is 10. The molecule has 2 aromatic rings. The summed E-state index contributed by atoms with van der Waals surface area (Å²) in [5.41, 5.74) is -0.184. The molecule has 5 fully saturated rings. The van der Waals surface area contributed by atoms with Crippen molar-refractivity contribution in [2.75, 3.05) is 26.2 Å². The minimum absolute atomic E-state index is 0.0195.